The van der Waals surface area contributed by atoms with E-state index in [0.29, 0.717) is 11.4 Å². The minimum absolute atomic E-state index is 0.165. The van der Waals surface area contributed by atoms with E-state index in [-0.39, 0.29) is 5.03 Å². The van der Waals surface area contributed by atoms with Crippen LogP contribution in [0.2, 0.25) is 0 Å². The number of aromatic nitrogens is 4. The molecule has 0 amide bonds. The van der Waals surface area contributed by atoms with Crippen LogP contribution in [-0.4, -0.2) is 35.5 Å². The van der Waals surface area contributed by atoms with Crippen LogP contribution < -0.4 is 9.46 Å². The first kappa shape index (κ1) is 15.9. The molecule has 0 saturated carbocycles. The molecule has 24 heavy (non-hydrogen) atoms. The van der Waals surface area contributed by atoms with Gasteiger partial charge in [0, 0.05) is 19.4 Å². The normalized spacial score (nSPS) is 11.2. The molecule has 0 atom stereocenters. The highest BCUT2D eigenvalue weighted by Gasteiger charge is 2.20. The summed E-state index contributed by atoms with van der Waals surface area (Å²) in [6, 6.07) is 8.91. The van der Waals surface area contributed by atoms with E-state index in [1.165, 1.54) is 18.0 Å². The van der Waals surface area contributed by atoms with E-state index in [1.807, 2.05) is 18.2 Å². The number of rotatable bonds is 5. The van der Waals surface area contributed by atoms with Crippen molar-refractivity contribution in [3.8, 4) is 16.9 Å². The second-order valence-corrected chi connectivity index (χ2v) is 6.62. The fourth-order valence-corrected chi connectivity index (χ4v) is 3.15. The Bertz CT molecular complexity index is 954. The van der Waals surface area contributed by atoms with Crippen molar-refractivity contribution in [3.63, 3.8) is 0 Å². The van der Waals surface area contributed by atoms with Gasteiger partial charge in [-0.15, -0.1) is 5.10 Å². The van der Waals surface area contributed by atoms with E-state index in [4.69, 9.17) is 4.74 Å². The van der Waals surface area contributed by atoms with Gasteiger partial charge in [0.25, 0.3) is 10.0 Å². The van der Waals surface area contributed by atoms with E-state index >= 15 is 0 Å². The van der Waals surface area contributed by atoms with Crippen LogP contribution in [0.1, 0.15) is 0 Å². The Labute approximate surface area is 139 Å². The maximum atomic E-state index is 12.4. The van der Waals surface area contributed by atoms with Gasteiger partial charge in [-0.3, -0.25) is 14.4 Å². The SMILES string of the molecule is COc1ccc(-c2ccncc2)cc1NS(=O)(=O)c1cn(C)nn1. The summed E-state index contributed by atoms with van der Waals surface area (Å²) in [4.78, 5) is 3.97. The lowest BCUT2D eigenvalue weighted by Crippen LogP contribution is -2.14. The highest BCUT2D eigenvalue weighted by Crippen LogP contribution is 2.31. The van der Waals surface area contributed by atoms with Crippen LogP contribution in [0.15, 0.2) is 53.9 Å². The zero-order chi connectivity index (χ0) is 17.2. The molecule has 0 fully saturated rings. The monoisotopic (exact) mass is 345 g/mol. The Morgan fingerprint density at radius 1 is 1.12 bits per heavy atom. The summed E-state index contributed by atoms with van der Waals surface area (Å²) in [6.45, 7) is 0. The average molecular weight is 345 g/mol. The summed E-state index contributed by atoms with van der Waals surface area (Å²) in [6.07, 6.45) is 4.66. The van der Waals surface area contributed by atoms with Crippen LogP contribution in [0, 0.1) is 0 Å². The molecule has 1 N–H and O–H groups in total. The van der Waals surface area contributed by atoms with Crippen LogP contribution in [0.3, 0.4) is 0 Å². The first-order valence-electron chi connectivity index (χ1n) is 6.97. The van der Waals surface area contributed by atoms with E-state index in [9.17, 15) is 8.42 Å². The van der Waals surface area contributed by atoms with Crippen molar-refractivity contribution in [2.24, 2.45) is 7.05 Å². The number of nitrogens with one attached hydrogen (secondary N) is 1. The van der Waals surface area contributed by atoms with E-state index in [1.54, 1.807) is 31.6 Å². The maximum absolute atomic E-state index is 12.4. The number of aryl methyl sites for hydroxylation is 1. The van der Waals surface area contributed by atoms with Crippen molar-refractivity contribution < 1.29 is 13.2 Å². The largest absolute Gasteiger partial charge is 0.495 e. The molecular formula is C15H15N5O3S. The van der Waals surface area contributed by atoms with Gasteiger partial charge in [-0.2, -0.15) is 8.42 Å². The molecule has 9 heteroatoms. The molecule has 124 valence electrons. The molecule has 0 bridgehead atoms. The lowest BCUT2D eigenvalue weighted by Gasteiger charge is -2.12. The molecule has 0 aliphatic carbocycles. The molecule has 0 spiro atoms. The molecular weight excluding hydrogens is 330 g/mol. The molecule has 0 radical (unpaired) electrons. The van der Waals surface area contributed by atoms with Crippen LogP contribution in [-0.2, 0) is 17.1 Å². The number of pyridine rings is 1. The Hall–Kier alpha value is -2.94. The zero-order valence-corrected chi connectivity index (χ0v) is 13.9. The Balaban J connectivity index is 2.00. The first-order chi connectivity index (χ1) is 11.5. The predicted octanol–water partition coefficient (Wildman–Crippen LogP) is 1.69. The van der Waals surface area contributed by atoms with Crippen molar-refractivity contribution >= 4 is 15.7 Å². The standard InChI is InChI=1S/C15H15N5O3S/c1-20-10-15(17-19-20)24(21,22)18-13-9-12(3-4-14(13)23-2)11-5-7-16-8-6-11/h3-10,18H,1-2H3. The molecule has 8 nitrogen and oxygen atoms in total. The quantitative estimate of drug-likeness (QED) is 0.755. The smallest absolute Gasteiger partial charge is 0.283 e. The second kappa shape index (κ2) is 6.28. The fraction of sp³-hybridized carbons (Fsp3) is 0.133. The van der Waals surface area contributed by atoms with Gasteiger partial charge in [0.1, 0.15) is 5.75 Å². The Kier molecular flexibility index (Phi) is 4.17. The Morgan fingerprint density at radius 3 is 2.50 bits per heavy atom. The number of anilines is 1. The van der Waals surface area contributed by atoms with Crippen LogP contribution in [0.4, 0.5) is 5.69 Å². The third-order valence-electron chi connectivity index (χ3n) is 3.31. The average Bonchev–Trinajstić information content (AvgIpc) is 3.03. The molecule has 1 aromatic carbocycles. The van der Waals surface area contributed by atoms with Gasteiger partial charge in [-0.25, -0.2) is 0 Å². The topological polar surface area (TPSA) is 99.0 Å². The number of ether oxygens (including phenoxy) is 1. The summed E-state index contributed by atoms with van der Waals surface area (Å²) in [7, 11) is -0.793. The number of methoxy groups -OCH3 is 1. The van der Waals surface area contributed by atoms with Crippen LogP contribution >= 0.6 is 0 Å². The summed E-state index contributed by atoms with van der Waals surface area (Å²) in [5, 5.41) is 7.11. The molecule has 0 saturated heterocycles. The third-order valence-corrected chi connectivity index (χ3v) is 4.54. The number of nitrogens with zero attached hydrogens (tertiary/aromatic N) is 4. The summed E-state index contributed by atoms with van der Waals surface area (Å²) in [5.74, 6) is 0.403. The first-order valence-corrected chi connectivity index (χ1v) is 8.45. The fourth-order valence-electron chi connectivity index (χ4n) is 2.16. The van der Waals surface area contributed by atoms with E-state index < -0.39 is 10.0 Å². The van der Waals surface area contributed by atoms with Crippen molar-refractivity contribution in [1.82, 2.24) is 20.0 Å². The highest BCUT2D eigenvalue weighted by atomic mass is 32.2. The van der Waals surface area contributed by atoms with Gasteiger partial charge in [-0.1, -0.05) is 11.3 Å². The lowest BCUT2D eigenvalue weighted by atomic mass is 10.1. The number of benzene rings is 1. The van der Waals surface area contributed by atoms with Crippen molar-refractivity contribution in [2.45, 2.75) is 5.03 Å². The number of hydrogen-bond acceptors (Lipinski definition) is 6. The van der Waals surface area contributed by atoms with E-state index in [2.05, 4.69) is 20.0 Å². The number of sulfonamides is 1. The molecule has 3 rings (SSSR count). The minimum Gasteiger partial charge on any atom is -0.495 e. The van der Waals surface area contributed by atoms with Crippen molar-refractivity contribution in [1.29, 1.82) is 0 Å². The molecule has 0 aliphatic heterocycles. The van der Waals surface area contributed by atoms with Gasteiger partial charge in [0.15, 0.2) is 0 Å². The molecule has 0 unspecified atom stereocenters. The molecule has 3 aromatic rings. The maximum Gasteiger partial charge on any atom is 0.283 e. The number of hydrogen-bond donors (Lipinski definition) is 1. The van der Waals surface area contributed by atoms with E-state index in [0.717, 1.165) is 11.1 Å². The summed E-state index contributed by atoms with van der Waals surface area (Å²) in [5.41, 5.74) is 2.06. The van der Waals surface area contributed by atoms with Gasteiger partial charge in [0.05, 0.1) is 19.0 Å². The molecule has 2 aromatic heterocycles. The zero-order valence-electron chi connectivity index (χ0n) is 13.0. The van der Waals surface area contributed by atoms with Crippen molar-refractivity contribution in [2.75, 3.05) is 11.8 Å². The third kappa shape index (κ3) is 3.20. The van der Waals surface area contributed by atoms with Gasteiger partial charge in [-0.05, 0) is 35.4 Å². The van der Waals surface area contributed by atoms with Crippen LogP contribution in [0.5, 0.6) is 5.75 Å². The Morgan fingerprint density at radius 2 is 1.88 bits per heavy atom. The van der Waals surface area contributed by atoms with Gasteiger partial charge >= 0.3 is 0 Å². The van der Waals surface area contributed by atoms with Crippen LogP contribution in [0.25, 0.3) is 11.1 Å². The molecule has 0 aliphatic rings. The minimum atomic E-state index is -3.86. The van der Waals surface area contributed by atoms with Crippen molar-refractivity contribution in [3.05, 3.63) is 48.9 Å². The van der Waals surface area contributed by atoms with Gasteiger partial charge < -0.3 is 4.74 Å². The lowest BCUT2D eigenvalue weighted by molar-refractivity contribution is 0.417. The highest BCUT2D eigenvalue weighted by molar-refractivity contribution is 7.92. The predicted molar refractivity (Wildman–Crippen MR) is 88.0 cm³/mol. The molecule has 2 heterocycles. The summed E-state index contributed by atoms with van der Waals surface area (Å²) < 4.78 is 33.9. The second-order valence-electron chi connectivity index (χ2n) is 4.99. The summed E-state index contributed by atoms with van der Waals surface area (Å²) >= 11 is 0. The van der Waals surface area contributed by atoms with Gasteiger partial charge in [0.2, 0.25) is 5.03 Å².